The molecule has 0 N–H and O–H groups in total. The maximum absolute atomic E-state index is 13.7. The van der Waals surface area contributed by atoms with Crippen LogP contribution < -0.4 is 0 Å². The number of aromatic nitrogens is 4. The average molecular weight is 396 g/mol. The number of carbonyl (C=O) groups excluding carboxylic acids is 1. The van der Waals surface area contributed by atoms with Crippen molar-refractivity contribution in [2.45, 2.75) is 32.4 Å². The highest BCUT2D eigenvalue weighted by Gasteiger charge is 2.28. The van der Waals surface area contributed by atoms with Crippen LogP contribution in [-0.2, 0) is 13.1 Å². The van der Waals surface area contributed by atoms with E-state index in [0.29, 0.717) is 41.7 Å². The van der Waals surface area contributed by atoms with Crippen LogP contribution in [0.4, 0.5) is 4.39 Å². The van der Waals surface area contributed by atoms with Gasteiger partial charge in [-0.3, -0.25) is 14.3 Å². The minimum Gasteiger partial charge on any atom is -0.337 e. The summed E-state index contributed by atoms with van der Waals surface area (Å²) in [5.41, 5.74) is 2.22. The van der Waals surface area contributed by atoms with E-state index >= 15 is 0 Å². The monoisotopic (exact) mass is 396 g/mol. The Kier molecular flexibility index (Phi) is 4.39. The van der Waals surface area contributed by atoms with Gasteiger partial charge in [-0.25, -0.2) is 9.37 Å². The fourth-order valence-electron chi connectivity index (χ4n) is 4.04. The molecule has 1 fully saturated rings. The highest BCUT2D eigenvalue weighted by Crippen LogP contribution is 2.30. The first-order valence-electron chi connectivity index (χ1n) is 9.77. The Labute approximate surface area is 166 Å². The summed E-state index contributed by atoms with van der Waals surface area (Å²) in [6.07, 6.45) is 5.27. The van der Waals surface area contributed by atoms with Gasteiger partial charge in [0.2, 0.25) is 11.7 Å². The molecular weight excluding hydrogens is 375 g/mol. The number of hydrogen-bond donors (Lipinski definition) is 0. The number of imidazole rings is 1. The Morgan fingerprint density at radius 1 is 1.21 bits per heavy atom. The zero-order valence-corrected chi connectivity index (χ0v) is 16.1. The summed E-state index contributed by atoms with van der Waals surface area (Å²) >= 11 is 0. The third kappa shape index (κ3) is 3.21. The number of hydrogen-bond acceptors (Lipinski definition) is 6. The molecule has 3 aromatic rings. The summed E-state index contributed by atoms with van der Waals surface area (Å²) < 4.78 is 21.0. The minimum atomic E-state index is -0.449. The van der Waals surface area contributed by atoms with E-state index in [1.807, 2.05) is 0 Å². The second kappa shape index (κ2) is 7.07. The van der Waals surface area contributed by atoms with Crippen LogP contribution in [0.3, 0.4) is 0 Å². The Morgan fingerprint density at radius 3 is 2.86 bits per heavy atom. The quantitative estimate of drug-likeness (QED) is 0.677. The van der Waals surface area contributed by atoms with Crippen molar-refractivity contribution in [2.75, 3.05) is 20.1 Å². The van der Waals surface area contributed by atoms with Crippen molar-refractivity contribution in [2.24, 2.45) is 0 Å². The zero-order chi connectivity index (χ0) is 20.0. The molecule has 29 heavy (non-hydrogen) atoms. The number of nitrogens with zero attached hydrogens (tertiary/aromatic N) is 6. The molecule has 0 atom stereocenters. The first kappa shape index (κ1) is 18.0. The van der Waals surface area contributed by atoms with Gasteiger partial charge in [0.25, 0.3) is 5.91 Å². The normalized spacial score (nSPS) is 17.2. The van der Waals surface area contributed by atoms with Crippen molar-refractivity contribution < 1.29 is 13.7 Å². The molecule has 2 aromatic heterocycles. The highest BCUT2D eigenvalue weighted by atomic mass is 19.1. The smallest absolute Gasteiger partial charge is 0.256 e. The molecule has 4 heterocycles. The van der Waals surface area contributed by atoms with E-state index in [2.05, 4.69) is 20.0 Å². The van der Waals surface area contributed by atoms with E-state index in [1.165, 1.54) is 36.3 Å². The second-order valence-electron chi connectivity index (χ2n) is 7.58. The van der Waals surface area contributed by atoms with E-state index in [9.17, 15) is 9.18 Å². The number of carbonyl (C=O) groups is 1. The van der Waals surface area contributed by atoms with Crippen LogP contribution in [0.15, 0.2) is 29.0 Å². The Bertz CT molecular complexity index is 1070. The molecular formula is C20H21FN6O2. The van der Waals surface area contributed by atoms with Crippen LogP contribution in [-0.4, -0.2) is 55.5 Å². The van der Waals surface area contributed by atoms with E-state index in [4.69, 9.17) is 4.52 Å². The van der Waals surface area contributed by atoms with Crippen LogP contribution in [0.2, 0.25) is 0 Å². The minimum absolute atomic E-state index is 0.243. The van der Waals surface area contributed by atoms with E-state index in [0.717, 1.165) is 18.8 Å². The molecule has 0 saturated carbocycles. The standard InChI is InChI=1S/C20H21FN6O2/c1-25-10-16-18(19-23-17(29-24-19)11-26-7-3-2-4-8-26)22-12-27(16)15-6-5-13(21)9-14(15)20(25)28/h5-6,9,12H,2-4,7-8,10-11H2,1H3. The van der Waals surface area contributed by atoms with Crippen molar-refractivity contribution in [1.82, 2.24) is 29.5 Å². The number of fused-ring (bicyclic) bond motifs is 3. The molecule has 2 aliphatic heterocycles. The highest BCUT2D eigenvalue weighted by molar-refractivity contribution is 5.98. The molecule has 0 aliphatic carbocycles. The topological polar surface area (TPSA) is 80.3 Å². The first-order chi connectivity index (χ1) is 14.1. The van der Waals surface area contributed by atoms with E-state index < -0.39 is 5.82 Å². The average Bonchev–Trinajstić information content (AvgIpc) is 3.33. The summed E-state index contributed by atoms with van der Waals surface area (Å²) in [5.74, 6) is 0.268. The molecule has 8 nitrogen and oxygen atoms in total. The van der Waals surface area contributed by atoms with Crippen LogP contribution in [0.25, 0.3) is 17.2 Å². The maximum atomic E-state index is 13.7. The summed E-state index contributed by atoms with van der Waals surface area (Å²) in [7, 11) is 1.68. The summed E-state index contributed by atoms with van der Waals surface area (Å²) in [6, 6.07) is 4.19. The Morgan fingerprint density at radius 2 is 2.03 bits per heavy atom. The Hall–Kier alpha value is -3.07. The van der Waals surface area contributed by atoms with Gasteiger partial charge in [0.1, 0.15) is 17.8 Å². The number of benzene rings is 1. The SMILES string of the molecule is CN1Cc2c(-c3noc(CN4CCCCC4)n3)ncn2-c2ccc(F)cc2C1=O. The van der Waals surface area contributed by atoms with Gasteiger partial charge in [-0.05, 0) is 44.1 Å². The van der Waals surface area contributed by atoms with Crippen molar-refractivity contribution in [1.29, 1.82) is 0 Å². The van der Waals surface area contributed by atoms with Crippen molar-refractivity contribution in [3.63, 3.8) is 0 Å². The van der Waals surface area contributed by atoms with Gasteiger partial charge in [-0.15, -0.1) is 0 Å². The lowest BCUT2D eigenvalue weighted by molar-refractivity contribution is 0.0787. The number of amides is 1. The summed E-state index contributed by atoms with van der Waals surface area (Å²) in [4.78, 5) is 25.6. The summed E-state index contributed by atoms with van der Waals surface area (Å²) in [6.45, 7) is 3.01. The first-order valence-corrected chi connectivity index (χ1v) is 9.77. The van der Waals surface area contributed by atoms with Gasteiger partial charge in [0, 0.05) is 7.05 Å². The van der Waals surface area contributed by atoms with Gasteiger partial charge < -0.3 is 9.42 Å². The predicted molar refractivity (Wildman–Crippen MR) is 102 cm³/mol. The van der Waals surface area contributed by atoms with Gasteiger partial charge in [-0.2, -0.15) is 4.98 Å². The molecule has 0 spiro atoms. The van der Waals surface area contributed by atoms with Gasteiger partial charge in [0.15, 0.2) is 0 Å². The van der Waals surface area contributed by atoms with Crippen LogP contribution >= 0.6 is 0 Å². The lowest BCUT2D eigenvalue weighted by Gasteiger charge is -2.24. The number of likely N-dealkylation sites (tertiary alicyclic amines) is 1. The van der Waals surface area contributed by atoms with Crippen LogP contribution in [0.1, 0.15) is 41.2 Å². The van der Waals surface area contributed by atoms with Crippen molar-refractivity contribution in [3.05, 3.63) is 47.5 Å². The molecule has 0 radical (unpaired) electrons. The van der Waals surface area contributed by atoms with Gasteiger partial charge in [0.05, 0.1) is 30.0 Å². The molecule has 1 aromatic carbocycles. The fraction of sp³-hybridized carbons (Fsp3) is 0.400. The van der Waals surface area contributed by atoms with Crippen molar-refractivity contribution in [3.8, 4) is 17.2 Å². The lowest BCUT2D eigenvalue weighted by atomic mass is 10.1. The van der Waals surface area contributed by atoms with Crippen LogP contribution in [0, 0.1) is 5.82 Å². The molecule has 2 aliphatic rings. The molecule has 0 unspecified atom stereocenters. The molecule has 0 bridgehead atoms. The maximum Gasteiger partial charge on any atom is 0.256 e. The molecule has 5 rings (SSSR count). The van der Waals surface area contributed by atoms with Gasteiger partial charge in [-0.1, -0.05) is 11.6 Å². The largest absolute Gasteiger partial charge is 0.337 e. The Balaban J connectivity index is 1.50. The second-order valence-corrected chi connectivity index (χ2v) is 7.58. The number of rotatable bonds is 3. The third-order valence-electron chi connectivity index (χ3n) is 5.54. The number of piperidine rings is 1. The molecule has 1 saturated heterocycles. The molecule has 1 amide bonds. The zero-order valence-electron chi connectivity index (χ0n) is 16.1. The van der Waals surface area contributed by atoms with E-state index in [1.54, 1.807) is 24.0 Å². The fourth-order valence-corrected chi connectivity index (χ4v) is 4.04. The van der Waals surface area contributed by atoms with Crippen LogP contribution in [0.5, 0.6) is 0 Å². The third-order valence-corrected chi connectivity index (χ3v) is 5.54. The number of halogens is 1. The van der Waals surface area contributed by atoms with Gasteiger partial charge >= 0.3 is 0 Å². The molecule has 9 heteroatoms. The van der Waals surface area contributed by atoms with E-state index in [-0.39, 0.29) is 5.91 Å². The predicted octanol–water partition coefficient (Wildman–Crippen LogP) is 2.63. The lowest BCUT2D eigenvalue weighted by Crippen LogP contribution is -2.29. The molecule has 150 valence electrons. The van der Waals surface area contributed by atoms with Crippen molar-refractivity contribution >= 4 is 5.91 Å². The summed E-state index contributed by atoms with van der Waals surface area (Å²) in [5, 5.41) is 4.12.